The van der Waals surface area contributed by atoms with Gasteiger partial charge in [0, 0.05) is 31.3 Å². The van der Waals surface area contributed by atoms with Gasteiger partial charge in [-0.25, -0.2) is 4.39 Å². The molecule has 0 aromatic heterocycles. The van der Waals surface area contributed by atoms with Gasteiger partial charge < -0.3 is 15.7 Å². The predicted molar refractivity (Wildman–Crippen MR) is 98.2 cm³/mol. The first-order chi connectivity index (χ1) is 12.2. The highest BCUT2D eigenvalue weighted by molar-refractivity contribution is 5.79. The minimum absolute atomic E-state index is 0.236. The van der Waals surface area contributed by atoms with Crippen molar-refractivity contribution in [2.75, 3.05) is 7.05 Å². The largest absolute Gasteiger partial charge is 0.508 e. The minimum Gasteiger partial charge on any atom is -0.508 e. The SMILES string of the molecule is CN=C(NCc1ccccc1F)NCc1c(O)ccc2c1CCCC2. The third-order valence-corrected chi connectivity index (χ3v) is 4.69. The number of benzene rings is 2. The Hall–Kier alpha value is -2.56. The van der Waals surface area contributed by atoms with Gasteiger partial charge in [-0.1, -0.05) is 24.3 Å². The Morgan fingerprint density at radius 2 is 1.84 bits per heavy atom. The fraction of sp³-hybridized carbons (Fsp3) is 0.350. The van der Waals surface area contributed by atoms with Crippen LogP contribution in [-0.2, 0) is 25.9 Å². The van der Waals surface area contributed by atoms with Gasteiger partial charge in [0.1, 0.15) is 11.6 Å². The summed E-state index contributed by atoms with van der Waals surface area (Å²) < 4.78 is 13.7. The third-order valence-electron chi connectivity index (χ3n) is 4.69. The standard InChI is InChI=1S/C20H24FN3O/c1-22-20(23-12-15-7-3-5-9-18(15)21)24-13-17-16-8-4-2-6-14(16)10-11-19(17)25/h3,5,7,9-11,25H,2,4,6,8,12-13H2,1H3,(H2,22,23,24). The van der Waals surface area contributed by atoms with Gasteiger partial charge in [-0.3, -0.25) is 4.99 Å². The van der Waals surface area contributed by atoms with Crippen LogP contribution in [0.25, 0.3) is 0 Å². The van der Waals surface area contributed by atoms with E-state index in [1.165, 1.54) is 23.6 Å². The van der Waals surface area contributed by atoms with E-state index in [1.54, 1.807) is 25.2 Å². The summed E-state index contributed by atoms with van der Waals surface area (Å²) in [6, 6.07) is 10.5. The summed E-state index contributed by atoms with van der Waals surface area (Å²) in [5.41, 5.74) is 4.11. The Balaban J connectivity index is 1.65. The zero-order valence-electron chi connectivity index (χ0n) is 14.5. The van der Waals surface area contributed by atoms with Gasteiger partial charge in [-0.05, 0) is 48.9 Å². The molecule has 0 radical (unpaired) electrons. The van der Waals surface area contributed by atoms with Crippen LogP contribution < -0.4 is 10.6 Å². The van der Waals surface area contributed by atoms with Crippen LogP contribution in [0.15, 0.2) is 41.4 Å². The van der Waals surface area contributed by atoms with Gasteiger partial charge in [0.05, 0.1) is 0 Å². The summed E-state index contributed by atoms with van der Waals surface area (Å²) in [4.78, 5) is 4.18. The number of nitrogens with zero attached hydrogens (tertiary/aromatic N) is 1. The molecule has 2 aromatic carbocycles. The van der Waals surface area contributed by atoms with E-state index in [1.807, 2.05) is 12.1 Å². The molecule has 25 heavy (non-hydrogen) atoms. The highest BCUT2D eigenvalue weighted by Crippen LogP contribution is 2.30. The van der Waals surface area contributed by atoms with Gasteiger partial charge >= 0.3 is 0 Å². The normalized spacial score (nSPS) is 14.1. The van der Waals surface area contributed by atoms with E-state index in [0.717, 1.165) is 24.8 Å². The number of phenols is 1. The number of guanidine groups is 1. The van der Waals surface area contributed by atoms with E-state index in [-0.39, 0.29) is 5.82 Å². The molecule has 0 spiro atoms. The number of hydrogen-bond acceptors (Lipinski definition) is 2. The number of nitrogens with one attached hydrogen (secondary N) is 2. The fourth-order valence-corrected chi connectivity index (χ4v) is 3.30. The molecule has 0 saturated heterocycles. The minimum atomic E-state index is -0.236. The summed E-state index contributed by atoms with van der Waals surface area (Å²) in [5, 5.41) is 16.6. The maximum Gasteiger partial charge on any atom is 0.191 e. The molecule has 1 aliphatic rings. The molecule has 3 N–H and O–H groups in total. The summed E-state index contributed by atoms with van der Waals surface area (Å²) in [6.45, 7) is 0.844. The zero-order chi connectivity index (χ0) is 17.6. The molecule has 5 heteroatoms. The van der Waals surface area contributed by atoms with Crippen molar-refractivity contribution in [3.05, 3.63) is 64.5 Å². The van der Waals surface area contributed by atoms with Crippen molar-refractivity contribution >= 4 is 5.96 Å². The lowest BCUT2D eigenvalue weighted by molar-refractivity contribution is 0.464. The van der Waals surface area contributed by atoms with Gasteiger partial charge in [-0.15, -0.1) is 0 Å². The topological polar surface area (TPSA) is 56.7 Å². The molecule has 0 heterocycles. The quantitative estimate of drug-likeness (QED) is 0.591. The molecule has 0 saturated carbocycles. The molecule has 1 aliphatic carbocycles. The monoisotopic (exact) mass is 341 g/mol. The lowest BCUT2D eigenvalue weighted by Crippen LogP contribution is -2.36. The number of phenolic OH excluding ortho intramolecular Hbond substituents is 1. The molecule has 0 bridgehead atoms. The number of hydrogen-bond donors (Lipinski definition) is 3. The van der Waals surface area contributed by atoms with Crippen molar-refractivity contribution in [2.24, 2.45) is 4.99 Å². The highest BCUT2D eigenvalue weighted by atomic mass is 19.1. The summed E-state index contributed by atoms with van der Waals surface area (Å²) >= 11 is 0. The molecule has 132 valence electrons. The number of aliphatic imine (C=N–C) groups is 1. The number of rotatable bonds is 4. The van der Waals surface area contributed by atoms with Crippen LogP contribution in [0.1, 0.15) is 35.1 Å². The van der Waals surface area contributed by atoms with Crippen LogP contribution in [0.4, 0.5) is 4.39 Å². The molecule has 0 atom stereocenters. The van der Waals surface area contributed by atoms with Gasteiger partial charge in [-0.2, -0.15) is 0 Å². The van der Waals surface area contributed by atoms with Crippen LogP contribution in [-0.4, -0.2) is 18.1 Å². The average Bonchev–Trinajstić information content (AvgIpc) is 2.64. The van der Waals surface area contributed by atoms with Crippen molar-refractivity contribution in [1.29, 1.82) is 0 Å². The predicted octanol–water partition coefficient (Wildman–Crippen LogP) is 3.28. The number of halogens is 1. The highest BCUT2D eigenvalue weighted by Gasteiger charge is 2.16. The molecule has 0 aliphatic heterocycles. The van der Waals surface area contributed by atoms with E-state index in [9.17, 15) is 9.50 Å². The van der Waals surface area contributed by atoms with Crippen molar-refractivity contribution in [3.8, 4) is 5.75 Å². The first-order valence-electron chi connectivity index (χ1n) is 8.69. The van der Waals surface area contributed by atoms with E-state index in [0.29, 0.717) is 30.4 Å². The average molecular weight is 341 g/mol. The Morgan fingerprint density at radius 3 is 2.64 bits per heavy atom. The molecular formula is C20H24FN3O. The zero-order valence-corrected chi connectivity index (χ0v) is 14.5. The molecule has 0 fully saturated rings. The molecular weight excluding hydrogens is 317 g/mol. The molecule has 0 amide bonds. The first kappa shape index (κ1) is 17.3. The van der Waals surface area contributed by atoms with E-state index >= 15 is 0 Å². The molecule has 4 nitrogen and oxygen atoms in total. The molecule has 0 unspecified atom stereocenters. The fourth-order valence-electron chi connectivity index (χ4n) is 3.30. The van der Waals surface area contributed by atoms with E-state index < -0.39 is 0 Å². The summed E-state index contributed by atoms with van der Waals surface area (Å²) in [6.07, 6.45) is 4.44. The maximum absolute atomic E-state index is 13.7. The second-order valence-electron chi connectivity index (χ2n) is 6.28. The Kier molecular flexibility index (Phi) is 5.53. The van der Waals surface area contributed by atoms with Crippen molar-refractivity contribution in [2.45, 2.75) is 38.8 Å². The van der Waals surface area contributed by atoms with Crippen molar-refractivity contribution in [3.63, 3.8) is 0 Å². The lowest BCUT2D eigenvalue weighted by Gasteiger charge is -2.21. The van der Waals surface area contributed by atoms with E-state index in [4.69, 9.17) is 0 Å². The smallest absolute Gasteiger partial charge is 0.191 e. The summed E-state index contributed by atoms with van der Waals surface area (Å²) in [5.74, 6) is 0.661. The second kappa shape index (κ2) is 8.01. The molecule has 2 aromatic rings. The van der Waals surface area contributed by atoms with Crippen LogP contribution in [0.5, 0.6) is 5.75 Å². The van der Waals surface area contributed by atoms with Crippen LogP contribution >= 0.6 is 0 Å². The number of aromatic hydroxyl groups is 1. The van der Waals surface area contributed by atoms with Gasteiger partial charge in [0.2, 0.25) is 0 Å². The van der Waals surface area contributed by atoms with Gasteiger partial charge in [0.25, 0.3) is 0 Å². The van der Waals surface area contributed by atoms with Crippen LogP contribution in [0.3, 0.4) is 0 Å². The van der Waals surface area contributed by atoms with Crippen LogP contribution in [0.2, 0.25) is 0 Å². The maximum atomic E-state index is 13.7. The third kappa shape index (κ3) is 4.10. The van der Waals surface area contributed by atoms with Crippen molar-refractivity contribution in [1.82, 2.24) is 10.6 Å². The summed E-state index contributed by atoms with van der Waals surface area (Å²) in [7, 11) is 1.68. The Bertz CT molecular complexity index is 774. The Labute approximate surface area is 147 Å². The number of fused-ring (bicyclic) bond motifs is 1. The second-order valence-corrected chi connectivity index (χ2v) is 6.28. The van der Waals surface area contributed by atoms with E-state index in [2.05, 4.69) is 15.6 Å². The van der Waals surface area contributed by atoms with Gasteiger partial charge in [0.15, 0.2) is 5.96 Å². The first-order valence-corrected chi connectivity index (χ1v) is 8.69. The lowest BCUT2D eigenvalue weighted by atomic mass is 9.88. The van der Waals surface area contributed by atoms with Crippen LogP contribution in [0, 0.1) is 5.82 Å². The Morgan fingerprint density at radius 1 is 1.08 bits per heavy atom. The van der Waals surface area contributed by atoms with Crippen molar-refractivity contribution < 1.29 is 9.50 Å². The number of aryl methyl sites for hydroxylation is 1. The molecule has 3 rings (SSSR count).